The van der Waals surface area contributed by atoms with Crippen molar-refractivity contribution in [2.45, 2.75) is 32.3 Å². The van der Waals surface area contributed by atoms with E-state index in [9.17, 15) is 5.11 Å². The van der Waals surface area contributed by atoms with Gasteiger partial charge in [0.25, 0.3) is 0 Å². The number of ether oxygens (including phenoxy) is 3. The van der Waals surface area contributed by atoms with Crippen molar-refractivity contribution < 1.29 is 24.2 Å². The van der Waals surface area contributed by atoms with Crippen LogP contribution in [0.2, 0.25) is 0 Å². The molecule has 1 heterocycles. The van der Waals surface area contributed by atoms with Gasteiger partial charge in [0, 0.05) is 11.1 Å². The Bertz CT molecular complexity index is 1220. The van der Waals surface area contributed by atoms with Crippen molar-refractivity contribution in [3.8, 4) is 11.5 Å². The van der Waals surface area contributed by atoms with E-state index in [2.05, 4.69) is 17.1 Å². The number of hydrogen-bond donors (Lipinski definition) is 2. The molecule has 0 saturated heterocycles. The summed E-state index contributed by atoms with van der Waals surface area (Å²) in [6.45, 7) is 7.93. The molecule has 0 amide bonds. The van der Waals surface area contributed by atoms with Crippen molar-refractivity contribution in [2.24, 2.45) is 4.99 Å². The van der Waals surface area contributed by atoms with E-state index in [4.69, 9.17) is 19.0 Å². The molecule has 1 aliphatic rings. The summed E-state index contributed by atoms with van der Waals surface area (Å²) in [5.41, 5.74) is 5.94. The summed E-state index contributed by atoms with van der Waals surface area (Å²) < 4.78 is 16.9. The van der Waals surface area contributed by atoms with Gasteiger partial charge in [-0.15, -0.1) is 0 Å². The van der Waals surface area contributed by atoms with Crippen molar-refractivity contribution in [2.75, 3.05) is 14.2 Å². The number of nitrogens with zero attached hydrogens (tertiary/aromatic N) is 1. The van der Waals surface area contributed by atoms with Crippen LogP contribution in [-0.4, -0.2) is 30.9 Å². The second kappa shape index (κ2) is 10.2. The Morgan fingerprint density at radius 1 is 1.06 bits per heavy atom. The van der Waals surface area contributed by atoms with E-state index in [1.807, 2.05) is 68.4 Å². The number of aliphatic imine (C=N–C) groups is 1. The Kier molecular flexibility index (Phi) is 7.10. The van der Waals surface area contributed by atoms with Gasteiger partial charge in [-0.05, 0) is 42.7 Å². The first-order chi connectivity index (χ1) is 16.8. The molecule has 3 aromatic carbocycles. The third-order valence-electron chi connectivity index (χ3n) is 5.70. The first-order valence-corrected chi connectivity index (χ1v) is 11.3. The van der Waals surface area contributed by atoms with Gasteiger partial charge in [-0.2, -0.15) is 0 Å². The maximum absolute atomic E-state index is 11.4. The van der Waals surface area contributed by atoms with Gasteiger partial charge in [-0.1, -0.05) is 61.2 Å². The van der Waals surface area contributed by atoms with Gasteiger partial charge in [0.2, 0.25) is 0 Å². The predicted molar refractivity (Wildman–Crippen MR) is 135 cm³/mol. The molecule has 1 unspecified atom stereocenters. The molecule has 4 rings (SSSR count). The Hall–Kier alpha value is -3.81. The number of amidine groups is 1. The minimum atomic E-state index is -0.965. The lowest BCUT2D eigenvalue weighted by molar-refractivity contribution is -0.0270. The SMILES string of the molecule is C=C(OC)c1ccc(C(O)c2cc(OCc3ccccc3)c(OC)cc2C2=NC(C)(C)ON2)cc1. The number of rotatable bonds is 9. The van der Waals surface area contributed by atoms with Crippen LogP contribution in [0.5, 0.6) is 11.5 Å². The molecule has 0 aromatic heterocycles. The fourth-order valence-corrected chi connectivity index (χ4v) is 3.77. The molecule has 7 heteroatoms. The van der Waals surface area contributed by atoms with E-state index in [0.717, 1.165) is 11.1 Å². The number of nitrogens with one attached hydrogen (secondary N) is 1. The zero-order valence-electron chi connectivity index (χ0n) is 20.4. The molecule has 0 bridgehead atoms. The Labute approximate surface area is 205 Å². The maximum atomic E-state index is 11.4. The summed E-state index contributed by atoms with van der Waals surface area (Å²) in [7, 11) is 3.15. The molecule has 2 N–H and O–H groups in total. The standard InChI is InChI=1S/C28H30N2O5/c1-18(32-4)20-11-13-21(14-12-20)26(31)22-15-25(34-17-19-9-7-6-8-10-19)24(33-5)16-23(22)27-29-28(2,3)35-30-27/h6-16,26,31H,1,17H2,2-5H3,(H,29,30). The van der Waals surface area contributed by atoms with E-state index in [-0.39, 0.29) is 0 Å². The van der Waals surface area contributed by atoms with E-state index < -0.39 is 11.8 Å². The van der Waals surface area contributed by atoms with Crippen LogP contribution >= 0.6 is 0 Å². The summed E-state index contributed by atoms with van der Waals surface area (Å²) in [6, 6.07) is 20.8. The number of hydrogen-bond acceptors (Lipinski definition) is 7. The molecule has 7 nitrogen and oxygen atoms in total. The number of aliphatic hydroxyl groups is 1. The minimum absolute atomic E-state index is 0.356. The van der Waals surface area contributed by atoms with Crippen LogP contribution in [-0.2, 0) is 16.2 Å². The second-order valence-corrected chi connectivity index (χ2v) is 8.63. The van der Waals surface area contributed by atoms with Gasteiger partial charge in [-0.3, -0.25) is 0 Å². The molecule has 3 aromatic rings. The minimum Gasteiger partial charge on any atom is -0.497 e. The second-order valence-electron chi connectivity index (χ2n) is 8.63. The molecule has 1 aliphatic heterocycles. The van der Waals surface area contributed by atoms with Crippen molar-refractivity contribution in [3.63, 3.8) is 0 Å². The molecule has 1 atom stereocenters. The van der Waals surface area contributed by atoms with Crippen LogP contribution in [0.15, 0.2) is 78.3 Å². The Morgan fingerprint density at radius 2 is 1.77 bits per heavy atom. The summed E-state index contributed by atoms with van der Waals surface area (Å²) in [4.78, 5) is 10.2. The average Bonchev–Trinajstić information content (AvgIpc) is 3.26. The van der Waals surface area contributed by atoms with E-state index in [0.29, 0.717) is 46.4 Å². The van der Waals surface area contributed by atoms with E-state index in [1.165, 1.54) is 0 Å². The number of aliphatic hydroxyl groups excluding tert-OH is 1. The van der Waals surface area contributed by atoms with Gasteiger partial charge in [0.05, 0.1) is 14.2 Å². The topological polar surface area (TPSA) is 81.5 Å². The molecule has 0 fully saturated rings. The molecule has 182 valence electrons. The zero-order valence-corrected chi connectivity index (χ0v) is 20.4. The highest BCUT2D eigenvalue weighted by atomic mass is 16.7. The highest BCUT2D eigenvalue weighted by molar-refractivity contribution is 6.01. The average molecular weight is 475 g/mol. The van der Waals surface area contributed by atoms with Crippen LogP contribution in [0.1, 0.15) is 47.8 Å². The lowest BCUT2D eigenvalue weighted by Gasteiger charge is -2.20. The summed E-state index contributed by atoms with van der Waals surface area (Å²) in [5, 5.41) is 11.4. The van der Waals surface area contributed by atoms with E-state index >= 15 is 0 Å². The van der Waals surface area contributed by atoms with Gasteiger partial charge >= 0.3 is 0 Å². The molecular formula is C28H30N2O5. The van der Waals surface area contributed by atoms with Crippen LogP contribution in [0, 0.1) is 0 Å². The number of hydroxylamine groups is 1. The van der Waals surface area contributed by atoms with Crippen molar-refractivity contribution in [3.05, 3.63) is 101 Å². The van der Waals surface area contributed by atoms with Crippen molar-refractivity contribution in [1.82, 2.24) is 5.48 Å². The molecule has 0 radical (unpaired) electrons. The normalized spacial score (nSPS) is 15.1. The highest BCUT2D eigenvalue weighted by Crippen LogP contribution is 2.37. The fraction of sp³-hybridized carbons (Fsp3) is 0.250. The van der Waals surface area contributed by atoms with Gasteiger partial charge in [0.15, 0.2) is 23.1 Å². The summed E-state index contributed by atoms with van der Waals surface area (Å²) in [6.07, 6.45) is -0.965. The van der Waals surface area contributed by atoms with Gasteiger partial charge in [-0.25, -0.2) is 15.3 Å². The number of benzene rings is 3. The zero-order chi connectivity index (χ0) is 25.0. The third kappa shape index (κ3) is 5.48. The van der Waals surface area contributed by atoms with Crippen LogP contribution in [0.3, 0.4) is 0 Å². The lowest BCUT2D eigenvalue weighted by atomic mass is 9.94. The summed E-state index contributed by atoms with van der Waals surface area (Å²) >= 11 is 0. The smallest absolute Gasteiger partial charge is 0.182 e. The van der Waals surface area contributed by atoms with Crippen molar-refractivity contribution in [1.29, 1.82) is 0 Å². The van der Waals surface area contributed by atoms with Crippen LogP contribution in [0.25, 0.3) is 5.76 Å². The quantitative estimate of drug-likeness (QED) is 0.425. The van der Waals surface area contributed by atoms with Gasteiger partial charge < -0.3 is 19.3 Å². The third-order valence-corrected chi connectivity index (χ3v) is 5.70. The van der Waals surface area contributed by atoms with Crippen LogP contribution < -0.4 is 15.0 Å². The molecule has 0 spiro atoms. The maximum Gasteiger partial charge on any atom is 0.182 e. The Morgan fingerprint density at radius 3 is 2.37 bits per heavy atom. The molecular weight excluding hydrogens is 444 g/mol. The largest absolute Gasteiger partial charge is 0.497 e. The first kappa shape index (κ1) is 24.3. The van der Waals surface area contributed by atoms with Gasteiger partial charge in [0.1, 0.15) is 18.5 Å². The number of methoxy groups -OCH3 is 2. The molecule has 0 aliphatic carbocycles. The highest BCUT2D eigenvalue weighted by Gasteiger charge is 2.30. The monoisotopic (exact) mass is 474 g/mol. The van der Waals surface area contributed by atoms with E-state index in [1.54, 1.807) is 26.4 Å². The van der Waals surface area contributed by atoms with Crippen molar-refractivity contribution >= 4 is 11.6 Å². The molecule has 35 heavy (non-hydrogen) atoms. The fourth-order valence-electron chi connectivity index (χ4n) is 3.77. The molecule has 0 saturated carbocycles. The lowest BCUT2D eigenvalue weighted by Crippen LogP contribution is -2.24. The van der Waals surface area contributed by atoms with Crippen LogP contribution in [0.4, 0.5) is 0 Å². The summed E-state index contributed by atoms with van der Waals surface area (Å²) in [5.74, 6) is 2.09. The predicted octanol–water partition coefficient (Wildman–Crippen LogP) is 4.99. The first-order valence-electron chi connectivity index (χ1n) is 11.3. The Balaban J connectivity index is 1.75.